The molecule has 154 valence electrons. The first kappa shape index (κ1) is 19.8. The molecule has 1 heterocycles. The van der Waals surface area contributed by atoms with Crippen molar-refractivity contribution in [2.75, 3.05) is 5.32 Å². The second-order valence-electron chi connectivity index (χ2n) is 7.11. The Morgan fingerprint density at radius 3 is 2.40 bits per heavy atom. The number of nitrogens with one attached hydrogen (secondary N) is 1. The van der Waals surface area contributed by atoms with Crippen LogP contribution in [0.3, 0.4) is 0 Å². The summed E-state index contributed by atoms with van der Waals surface area (Å²) in [6.07, 6.45) is 0.737. The quantitative estimate of drug-likeness (QED) is 0.617. The SMILES string of the molecule is C[C@H](OC(=O)c1cc(C2CC2)nn1-c1ccccc1)C(=O)Nc1c(F)cccc1F. The van der Waals surface area contributed by atoms with Gasteiger partial charge in [-0.1, -0.05) is 24.3 Å². The number of benzene rings is 2. The number of para-hydroxylation sites is 2. The monoisotopic (exact) mass is 411 g/mol. The number of halogens is 2. The molecule has 1 atom stereocenters. The summed E-state index contributed by atoms with van der Waals surface area (Å²) in [5, 5.41) is 6.65. The highest BCUT2D eigenvalue weighted by Gasteiger charge is 2.30. The molecule has 1 aromatic heterocycles. The number of hydrogen-bond donors (Lipinski definition) is 1. The lowest BCUT2D eigenvalue weighted by atomic mass is 10.2. The second kappa shape index (κ2) is 8.06. The first-order chi connectivity index (χ1) is 14.4. The van der Waals surface area contributed by atoms with Gasteiger partial charge in [0.15, 0.2) is 11.8 Å². The maximum Gasteiger partial charge on any atom is 0.357 e. The van der Waals surface area contributed by atoms with Crippen LogP contribution in [0, 0.1) is 11.6 Å². The third kappa shape index (κ3) is 4.07. The third-order valence-corrected chi connectivity index (χ3v) is 4.80. The van der Waals surface area contributed by atoms with E-state index in [-0.39, 0.29) is 5.69 Å². The largest absolute Gasteiger partial charge is 0.448 e. The van der Waals surface area contributed by atoms with Gasteiger partial charge < -0.3 is 10.1 Å². The maximum atomic E-state index is 13.8. The van der Waals surface area contributed by atoms with Gasteiger partial charge in [-0.3, -0.25) is 4.79 Å². The van der Waals surface area contributed by atoms with Gasteiger partial charge in [-0.25, -0.2) is 18.3 Å². The number of anilines is 1. The molecule has 1 fully saturated rings. The minimum atomic E-state index is -1.28. The summed E-state index contributed by atoms with van der Waals surface area (Å²) in [5.41, 5.74) is 1.06. The Kier molecular flexibility index (Phi) is 5.31. The van der Waals surface area contributed by atoms with Crippen molar-refractivity contribution in [2.45, 2.75) is 31.8 Å². The van der Waals surface area contributed by atoms with E-state index >= 15 is 0 Å². The van der Waals surface area contributed by atoms with Crippen molar-refractivity contribution < 1.29 is 23.1 Å². The Morgan fingerprint density at radius 2 is 1.77 bits per heavy atom. The summed E-state index contributed by atoms with van der Waals surface area (Å²) in [7, 11) is 0. The molecule has 3 aromatic rings. The van der Waals surface area contributed by atoms with Crippen LogP contribution in [0.25, 0.3) is 5.69 Å². The van der Waals surface area contributed by atoms with Crippen molar-refractivity contribution in [3.63, 3.8) is 0 Å². The number of rotatable bonds is 6. The van der Waals surface area contributed by atoms with Gasteiger partial charge in [0.25, 0.3) is 5.91 Å². The molecule has 2 aromatic carbocycles. The highest BCUT2D eigenvalue weighted by atomic mass is 19.1. The fourth-order valence-corrected chi connectivity index (χ4v) is 3.01. The van der Waals surface area contributed by atoms with E-state index in [1.54, 1.807) is 18.2 Å². The van der Waals surface area contributed by atoms with E-state index in [9.17, 15) is 18.4 Å². The van der Waals surface area contributed by atoms with E-state index in [1.807, 2.05) is 18.2 Å². The molecule has 0 spiro atoms. The second-order valence-corrected chi connectivity index (χ2v) is 7.11. The van der Waals surface area contributed by atoms with Crippen LogP contribution in [-0.4, -0.2) is 27.8 Å². The fraction of sp³-hybridized carbons (Fsp3) is 0.227. The van der Waals surface area contributed by atoms with Crippen LogP contribution in [0.4, 0.5) is 14.5 Å². The molecular formula is C22H19F2N3O3. The van der Waals surface area contributed by atoms with Crippen molar-refractivity contribution in [2.24, 2.45) is 0 Å². The molecule has 30 heavy (non-hydrogen) atoms. The van der Waals surface area contributed by atoms with E-state index in [2.05, 4.69) is 10.4 Å². The Hall–Kier alpha value is -3.55. The van der Waals surface area contributed by atoms with E-state index in [4.69, 9.17) is 4.74 Å². The van der Waals surface area contributed by atoms with Gasteiger partial charge >= 0.3 is 5.97 Å². The maximum absolute atomic E-state index is 13.8. The number of esters is 1. The Balaban J connectivity index is 1.53. The number of ether oxygens (including phenoxy) is 1. The molecule has 0 radical (unpaired) electrons. The molecule has 0 saturated heterocycles. The Bertz CT molecular complexity index is 1070. The third-order valence-electron chi connectivity index (χ3n) is 4.80. The fourth-order valence-electron chi connectivity index (χ4n) is 3.01. The average molecular weight is 411 g/mol. The Morgan fingerprint density at radius 1 is 1.10 bits per heavy atom. The lowest BCUT2D eigenvalue weighted by Crippen LogP contribution is -2.31. The van der Waals surface area contributed by atoms with Crippen LogP contribution in [0.15, 0.2) is 54.6 Å². The zero-order valence-corrected chi connectivity index (χ0v) is 16.1. The summed E-state index contributed by atoms with van der Waals surface area (Å²) in [5.74, 6) is -3.13. The average Bonchev–Trinajstić information content (AvgIpc) is 3.49. The highest BCUT2D eigenvalue weighted by Crippen LogP contribution is 2.39. The van der Waals surface area contributed by atoms with Gasteiger partial charge in [0, 0.05) is 5.92 Å². The van der Waals surface area contributed by atoms with Gasteiger partial charge in [0.1, 0.15) is 17.3 Å². The molecule has 1 N–H and O–H groups in total. The van der Waals surface area contributed by atoms with Crippen LogP contribution in [0.5, 0.6) is 0 Å². The van der Waals surface area contributed by atoms with Crippen LogP contribution in [-0.2, 0) is 9.53 Å². The van der Waals surface area contributed by atoms with Crippen molar-refractivity contribution in [1.82, 2.24) is 9.78 Å². The standard InChI is InChI=1S/C22H19F2N3O3/c1-13(21(28)25-20-16(23)8-5-9-17(20)24)30-22(29)19-12-18(14-10-11-14)26-27(19)15-6-3-2-4-7-15/h2-9,12-14H,10-11H2,1H3,(H,25,28)/t13-/m0/s1. The number of amides is 1. The van der Waals surface area contributed by atoms with Crippen molar-refractivity contribution >= 4 is 17.6 Å². The molecule has 1 aliphatic carbocycles. The van der Waals surface area contributed by atoms with Gasteiger partial charge in [-0.05, 0) is 50.1 Å². The molecule has 8 heteroatoms. The van der Waals surface area contributed by atoms with Gasteiger partial charge in [0.2, 0.25) is 0 Å². The first-order valence-corrected chi connectivity index (χ1v) is 9.55. The highest BCUT2D eigenvalue weighted by molar-refractivity contribution is 5.97. The van der Waals surface area contributed by atoms with Crippen LogP contribution in [0.1, 0.15) is 41.9 Å². The summed E-state index contributed by atoms with van der Waals surface area (Å²) >= 11 is 0. The van der Waals surface area contributed by atoms with Gasteiger partial charge in [-0.15, -0.1) is 0 Å². The minimum absolute atomic E-state index is 0.180. The van der Waals surface area contributed by atoms with Crippen molar-refractivity contribution in [3.05, 3.63) is 77.6 Å². The number of carbonyl (C=O) groups excluding carboxylic acids is 2. The lowest BCUT2D eigenvalue weighted by Gasteiger charge is -2.15. The van der Waals surface area contributed by atoms with Crippen LogP contribution < -0.4 is 5.32 Å². The van der Waals surface area contributed by atoms with Crippen LogP contribution >= 0.6 is 0 Å². The molecule has 1 amide bonds. The van der Waals surface area contributed by atoms with Gasteiger partial charge in [-0.2, -0.15) is 5.10 Å². The number of aromatic nitrogens is 2. The molecular weight excluding hydrogens is 392 g/mol. The predicted octanol–water partition coefficient (Wildman–Crippen LogP) is 4.21. The Labute approximate surface area is 171 Å². The van der Waals surface area contributed by atoms with E-state index in [0.29, 0.717) is 11.6 Å². The van der Waals surface area contributed by atoms with E-state index in [1.165, 1.54) is 17.7 Å². The minimum Gasteiger partial charge on any atom is -0.448 e. The van der Waals surface area contributed by atoms with E-state index in [0.717, 1.165) is 30.7 Å². The molecule has 6 nitrogen and oxygen atoms in total. The summed E-state index contributed by atoms with van der Waals surface area (Å²) in [6.45, 7) is 1.33. The molecule has 0 aliphatic heterocycles. The zero-order chi connectivity index (χ0) is 21.3. The van der Waals surface area contributed by atoms with Crippen molar-refractivity contribution in [1.29, 1.82) is 0 Å². The van der Waals surface area contributed by atoms with Gasteiger partial charge in [0.05, 0.1) is 11.4 Å². The predicted molar refractivity (Wildman–Crippen MR) is 105 cm³/mol. The number of carbonyl (C=O) groups is 2. The van der Waals surface area contributed by atoms with Crippen LogP contribution in [0.2, 0.25) is 0 Å². The summed E-state index contributed by atoms with van der Waals surface area (Å²) in [6, 6.07) is 14.0. The van der Waals surface area contributed by atoms with Crippen molar-refractivity contribution in [3.8, 4) is 5.69 Å². The molecule has 4 rings (SSSR count). The molecule has 0 unspecified atom stereocenters. The topological polar surface area (TPSA) is 73.2 Å². The zero-order valence-electron chi connectivity index (χ0n) is 16.1. The lowest BCUT2D eigenvalue weighted by molar-refractivity contribution is -0.123. The molecule has 1 aliphatic rings. The summed E-state index contributed by atoms with van der Waals surface area (Å²) in [4.78, 5) is 25.1. The number of nitrogens with zero attached hydrogens (tertiary/aromatic N) is 2. The summed E-state index contributed by atoms with van der Waals surface area (Å²) < 4.78 is 34.3. The molecule has 1 saturated carbocycles. The molecule has 0 bridgehead atoms. The first-order valence-electron chi connectivity index (χ1n) is 9.55. The normalized spacial score (nSPS) is 14.2. The van der Waals surface area contributed by atoms with E-state index < -0.39 is 35.3 Å². The number of hydrogen-bond acceptors (Lipinski definition) is 4. The smallest absolute Gasteiger partial charge is 0.357 e.